The van der Waals surface area contributed by atoms with Crippen LogP contribution in [0.25, 0.3) is 0 Å². The van der Waals surface area contributed by atoms with E-state index in [1.807, 2.05) is 13.0 Å². The van der Waals surface area contributed by atoms with Crippen molar-refractivity contribution in [2.75, 3.05) is 0 Å². The fraction of sp³-hybridized carbons (Fsp3) is 0.667. The van der Waals surface area contributed by atoms with E-state index in [4.69, 9.17) is 16.3 Å². The number of carbonyl (C=O) groups excluding carboxylic acids is 2. The highest BCUT2D eigenvalue weighted by Crippen LogP contribution is 2.11. The van der Waals surface area contributed by atoms with Crippen molar-refractivity contribution >= 4 is 11.8 Å². The number of rotatable bonds is 8. The van der Waals surface area contributed by atoms with Crippen molar-refractivity contribution in [3.8, 4) is 12.1 Å². The molecule has 0 rings (SSSR count). The van der Waals surface area contributed by atoms with Crippen LogP contribution >= 0.6 is 0 Å². The van der Waals surface area contributed by atoms with Gasteiger partial charge in [0.05, 0.1) is 12.1 Å². The Labute approximate surface area is 107 Å². The summed E-state index contributed by atoms with van der Waals surface area (Å²) in [7, 11) is 0. The van der Waals surface area contributed by atoms with E-state index >= 15 is 0 Å². The van der Waals surface area contributed by atoms with Gasteiger partial charge in [-0.1, -0.05) is 13.3 Å². The molecule has 0 saturated heterocycles. The van der Waals surface area contributed by atoms with Gasteiger partial charge in [-0.15, -0.1) is 0 Å². The molecule has 0 saturated carbocycles. The molecule has 3 N–H and O–H groups in total. The molecule has 0 aliphatic heterocycles. The Morgan fingerprint density at radius 1 is 1.28 bits per heavy atom. The second-order valence-electron chi connectivity index (χ2n) is 4.05. The molecule has 2 atom stereocenters. The number of carbonyl (C=O) groups is 2. The van der Waals surface area contributed by atoms with Crippen LogP contribution in [0.4, 0.5) is 0 Å². The molecule has 0 aliphatic rings. The van der Waals surface area contributed by atoms with Crippen LogP contribution in [0.3, 0.4) is 0 Å². The van der Waals surface area contributed by atoms with Crippen molar-refractivity contribution in [1.29, 1.82) is 10.5 Å². The van der Waals surface area contributed by atoms with Crippen LogP contribution in [0.5, 0.6) is 0 Å². The molecule has 0 aromatic carbocycles. The fourth-order valence-corrected chi connectivity index (χ4v) is 1.63. The predicted molar refractivity (Wildman–Crippen MR) is 64.6 cm³/mol. The Morgan fingerprint density at radius 3 is 2.39 bits per heavy atom. The van der Waals surface area contributed by atoms with Gasteiger partial charge in [-0.05, 0) is 19.3 Å². The lowest BCUT2D eigenvalue weighted by molar-refractivity contribution is -0.120. The quantitative estimate of drug-likeness (QED) is 0.654. The number of hydrogen-bond donors (Lipinski definition) is 2. The molecule has 0 bridgehead atoms. The van der Waals surface area contributed by atoms with Crippen molar-refractivity contribution in [3.05, 3.63) is 0 Å². The summed E-state index contributed by atoms with van der Waals surface area (Å²) in [6, 6.07) is 3.49. The van der Waals surface area contributed by atoms with Gasteiger partial charge in [0.15, 0.2) is 0 Å². The molecular weight excluding hydrogens is 232 g/mol. The minimum absolute atomic E-state index is 0.119. The summed E-state index contributed by atoms with van der Waals surface area (Å²) in [5.74, 6) is -1.79. The van der Waals surface area contributed by atoms with Crippen LogP contribution in [0, 0.1) is 28.6 Å². The molecule has 2 unspecified atom stereocenters. The first-order chi connectivity index (χ1) is 8.54. The lowest BCUT2D eigenvalue weighted by Gasteiger charge is -2.18. The fourth-order valence-electron chi connectivity index (χ4n) is 1.63. The monoisotopic (exact) mass is 250 g/mol. The van der Waals surface area contributed by atoms with E-state index in [-0.39, 0.29) is 18.4 Å². The maximum Gasteiger partial charge on any atom is 0.234 e. The Morgan fingerprint density at radius 2 is 1.94 bits per heavy atom. The third-order valence-electron chi connectivity index (χ3n) is 2.54. The molecule has 0 spiro atoms. The number of amides is 2. The molecule has 0 aliphatic carbocycles. The van der Waals surface area contributed by atoms with Crippen LogP contribution in [-0.4, -0.2) is 17.9 Å². The summed E-state index contributed by atoms with van der Waals surface area (Å²) in [6.45, 7) is 1.97. The number of hydrogen-bond acceptors (Lipinski definition) is 4. The number of nitrogens with two attached hydrogens (primary N) is 1. The van der Waals surface area contributed by atoms with Crippen LogP contribution in [-0.2, 0) is 9.59 Å². The minimum Gasteiger partial charge on any atom is -0.369 e. The Balaban J connectivity index is 4.28. The molecule has 0 heterocycles. The third kappa shape index (κ3) is 6.49. The van der Waals surface area contributed by atoms with Crippen LogP contribution in [0.15, 0.2) is 0 Å². The first-order valence-electron chi connectivity index (χ1n) is 5.90. The van der Waals surface area contributed by atoms with Gasteiger partial charge in [0.25, 0.3) is 0 Å². The highest BCUT2D eigenvalue weighted by molar-refractivity contribution is 5.79. The topological polar surface area (TPSA) is 120 Å². The van der Waals surface area contributed by atoms with Gasteiger partial charge in [-0.2, -0.15) is 10.5 Å². The molecular formula is C12H18N4O2. The van der Waals surface area contributed by atoms with E-state index in [2.05, 4.69) is 5.32 Å². The van der Waals surface area contributed by atoms with Crippen LogP contribution in [0.2, 0.25) is 0 Å². The Kier molecular flexibility index (Phi) is 7.96. The van der Waals surface area contributed by atoms with E-state index in [1.54, 1.807) is 6.07 Å². The maximum absolute atomic E-state index is 11.3. The molecule has 6 nitrogen and oxygen atoms in total. The van der Waals surface area contributed by atoms with E-state index in [9.17, 15) is 9.59 Å². The van der Waals surface area contributed by atoms with Crippen LogP contribution in [0.1, 0.15) is 39.0 Å². The van der Waals surface area contributed by atoms with Crippen molar-refractivity contribution in [2.45, 2.75) is 45.1 Å². The highest BCUT2D eigenvalue weighted by atomic mass is 16.2. The van der Waals surface area contributed by atoms with Gasteiger partial charge >= 0.3 is 0 Å². The van der Waals surface area contributed by atoms with E-state index in [0.717, 1.165) is 12.8 Å². The lowest BCUT2D eigenvalue weighted by atomic mass is 9.98. The summed E-state index contributed by atoms with van der Waals surface area (Å²) < 4.78 is 0. The largest absolute Gasteiger partial charge is 0.369 e. The van der Waals surface area contributed by atoms with E-state index < -0.39 is 11.8 Å². The molecule has 18 heavy (non-hydrogen) atoms. The summed E-state index contributed by atoms with van der Waals surface area (Å²) in [5, 5.41) is 19.8. The average molecular weight is 250 g/mol. The van der Waals surface area contributed by atoms with E-state index in [0.29, 0.717) is 12.8 Å². The second-order valence-corrected chi connectivity index (χ2v) is 4.05. The molecule has 0 fully saturated rings. The Hall–Kier alpha value is -2.08. The lowest BCUT2D eigenvalue weighted by Crippen LogP contribution is -2.35. The number of primary amides is 1. The van der Waals surface area contributed by atoms with Gasteiger partial charge < -0.3 is 11.1 Å². The highest BCUT2D eigenvalue weighted by Gasteiger charge is 2.18. The maximum atomic E-state index is 11.3. The van der Waals surface area contributed by atoms with Gasteiger partial charge in [0, 0.05) is 6.04 Å². The number of nitriles is 2. The average Bonchev–Trinajstić information content (AvgIpc) is 2.29. The zero-order chi connectivity index (χ0) is 14.0. The molecule has 6 heteroatoms. The van der Waals surface area contributed by atoms with Crippen LogP contribution < -0.4 is 11.1 Å². The summed E-state index contributed by atoms with van der Waals surface area (Å²) in [5.41, 5.74) is 5.06. The van der Waals surface area contributed by atoms with Crippen molar-refractivity contribution in [1.82, 2.24) is 5.32 Å². The smallest absolute Gasteiger partial charge is 0.234 e. The summed E-state index contributed by atoms with van der Waals surface area (Å²) in [6.07, 6.45) is 2.26. The normalized spacial score (nSPS) is 12.8. The van der Waals surface area contributed by atoms with Gasteiger partial charge in [-0.3, -0.25) is 9.59 Å². The standard InChI is InChI=1S/C12H18N4O2/c1-2-3-10(16-11(17)6-7-13)5-4-9(8-14)12(15)18/h9-10H,2-6H2,1H3,(H2,15,18)(H,16,17). The molecule has 0 aromatic heterocycles. The first kappa shape index (κ1) is 15.9. The molecule has 98 valence electrons. The van der Waals surface area contributed by atoms with Crippen molar-refractivity contribution < 1.29 is 9.59 Å². The zero-order valence-electron chi connectivity index (χ0n) is 10.5. The molecule has 0 radical (unpaired) electrons. The second kappa shape index (κ2) is 9.00. The van der Waals surface area contributed by atoms with Gasteiger partial charge in [0.1, 0.15) is 12.3 Å². The van der Waals surface area contributed by atoms with Gasteiger partial charge in [0.2, 0.25) is 11.8 Å². The Bertz CT molecular complexity index is 367. The number of nitrogens with zero attached hydrogens (tertiary/aromatic N) is 2. The van der Waals surface area contributed by atoms with Crippen molar-refractivity contribution in [3.63, 3.8) is 0 Å². The van der Waals surface area contributed by atoms with E-state index in [1.165, 1.54) is 0 Å². The third-order valence-corrected chi connectivity index (χ3v) is 2.54. The zero-order valence-corrected chi connectivity index (χ0v) is 10.5. The van der Waals surface area contributed by atoms with Gasteiger partial charge in [-0.25, -0.2) is 0 Å². The van der Waals surface area contributed by atoms with Crippen molar-refractivity contribution in [2.24, 2.45) is 11.7 Å². The molecule has 0 aromatic rings. The predicted octanol–water partition coefficient (Wildman–Crippen LogP) is 0.590. The summed E-state index contributed by atoms with van der Waals surface area (Å²) >= 11 is 0. The SMILES string of the molecule is CCCC(CCC(C#N)C(N)=O)NC(=O)CC#N. The minimum atomic E-state index is -0.822. The first-order valence-corrected chi connectivity index (χ1v) is 5.90. The molecule has 2 amide bonds. The number of nitrogens with one attached hydrogen (secondary N) is 1. The summed E-state index contributed by atoms with van der Waals surface area (Å²) in [4.78, 5) is 22.2.